The first kappa shape index (κ1) is 23.9. The van der Waals surface area contributed by atoms with Crippen LogP contribution < -0.4 is 4.74 Å². The Hall–Kier alpha value is -1.14. The summed E-state index contributed by atoms with van der Waals surface area (Å²) in [5.74, 6) is -0.152. The maximum atomic E-state index is 10.5. The zero-order valence-electron chi connectivity index (χ0n) is 17.0. The molecule has 1 aromatic rings. The Labute approximate surface area is 164 Å². The molecule has 0 radical (unpaired) electrons. The van der Waals surface area contributed by atoms with Crippen LogP contribution in [0.3, 0.4) is 0 Å². The fourth-order valence-electron chi connectivity index (χ4n) is 3.17. The topological polar surface area (TPSA) is 90.2 Å². The van der Waals surface area contributed by atoms with E-state index in [9.17, 15) is 20.4 Å². The number of hydrogen-bond donors (Lipinski definition) is 4. The quantitative estimate of drug-likeness (QED) is 0.350. The van der Waals surface area contributed by atoms with Gasteiger partial charge in [0, 0.05) is 5.92 Å². The second-order valence-electron chi connectivity index (χ2n) is 7.59. The number of rotatable bonds is 15. The summed E-state index contributed by atoms with van der Waals surface area (Å²) in [4.78, 5) is 0. The summed E-state index contributed by atoms with van der Waals surface area (Å²) in [6.07, 6.45) is 9.61. The molecule has 0 amide bonds. The first-order chi connectivity index (χ1) is 13.0. The lowest BCUT2D eigenvalue weighted by molar-refractivity contribution is -0.114. The highest BCUT2D eigenvalue weighted by Crippen LogP contribution is 2.26. The van der Waals surface area contributed by atoms with Crippen LogP contribution >= 0.6 is 0 Å². The molecule has 0 aromatic heterocycles. The fraction of sp³-hybridized carbons (Fsp3) is 0.727. The Morgan fingerprint density at radius 2 is 1.59 bits per heavy atom. The highest BCUT2D eigenvalue weighted by molar-refractivity contribution is 5.37. The van der Waals surface area contributed by atoms with E-state index < -0.39 is 31.3 Å². The molecule has 27 heavy (non-hydrogen) atoms. The normalized spacial score (nSPS) is 13.7. The van der Waals surface area contributed by atoms with Crippen molar-refractivity contribution >= 4 is 0 Å². The minimum atomic E-state index is -1.68. The molecule has 5 heteroatoms. The molecule has 0 aliphatic carbocycles. The van der Waals surface area contributed by atoms with Crippen molar-refractivity contribution < 1.29 is 25.2 Å². The molecule has 0 aliphatic rings. The van der Waals surface area contributed by atoms with Crippen molar-refractivity contribution in [1.82, 2.24) is 0 Å². The zero-order valence-corrected chi connectivity index (χ0v) is 17.0. The van der Waals surface area contributed by atoms with E-state index in [1.165, 1.54) is 38.5 Å². The van der Waals surface area contributed by atoms with Gasteiger partial charge in [0.05, 0.1) is 19.8 Å². The van der Waals surface area contributed by atoms with Crippen LogP contribution in [0.5, 0.6) is 5.75 Å². The number of ether oxygens (including phenoxy) is 1. The van der Waals surface area contributed by atoms with E-state index in [-0.39, 0.29) is 6.61 Å². The highest BCUT2D eigenvalue weighted by atomic mass is 16.5. The van der Waals surface area contributed by atoms with Gasteiger partial charge in [0.1, 0.15) is 18.0 Å². The molecule has 0 saturated heterocycles. The van der Waals surface area contributed by atoms with Gasteiger partial charge in [-0.2, -0.15) is 0 Å². The predicted molar refractivity (Wildman–Crippen MR) is 108 cm³/mol. The van der Waals surface area contributed by atoms with Crippen LogP contribution in [-0.2, 0) is 6.42 Å². The minimum Gasteiger partial charge on any atom is -0.490 e. The van der Waals surface area contributed by atoms with Crippen LogP contribution in [0.1, 0.15) is 63.0 Å². The van der Waals surface area contributed by atoms with E-state index in [0.717, 1.165) is 24.0 Å². The van der Waals surface area contributed by atoms with Crippen molar-refractivity contribution in [1.29, 1.82) is 0 Å². The Morgan fingerprint density at radius 3 is 2.19 bits per heavy atom. The third-order valence-corrected chi connectivity index (χ3v) is 5.22. The maximum Gasteiger partial charge on any atom is 0.129 e. The lowest BCUT2D eigenvalue weighted by Gasteiger charge is -2.32. The van der Waals surface area contributed by atoms with Gasteiger partial charge in [-0.1, -0.05) is 57.6 Å². The molecule has 0 aliphatic heterocycles. The fourth-order valence-corrected chi connectivity index (χ4v) is 3.17. The van der Waals surface area contributed by atoms with E-state index in [2.05, 4.69) is 13.0 Å². The standard InChI is InChI=1S/C22H38O5/c1-3-4-5-6-7-8-9-10-19-12-11-18(2)13-21(19)27-17-22(26,16-25)20(14-23)15-24/h11-13,20,23-26H,3-10,14-17H2,1-2H3. The molecule has 0 saturated carbocycles. The van der Waals surface area contributed by atoms with Gasteiger partial charge < -0.3 is 25.2 Å². The van der Waals surface area contributed by atoms with Crippen molar-refractivity contribution in [2.75, 3.05) is 26.4 Å². The Balaban J connectivity index is 2.62. The number of unbranched alkanes of at least 4 members (excludes halogenated alkanes) is 6. The molecular weight excluding hydrogens is 344 g/mol. The molecule has 0 fully saturated rings. The monoisotopic (exact) mass is 382 g/mol. The molecule has 5 nitrogen and oxygen atoms in total. The van der Waals surface area contributed by atoms with Crippen molar-refractivity contribution in [3.8, 4) is 5.75 Å². The van der Waals surface area contributed by atoms with Crippen LogP contribution in [0.15, 0.2) is 18.2 Å². The number of aryl methyl sites for hydroxylation is 2. The molecule has 156 valence electrons. The molecule has 1 atom stereocenters. The lowest BCUT2D eigenvalue weighted by atomic mass is 9.90. The summed E-state index contributed by atoms with van der Waals surface area (Å²) >= 11 is 0. The summed E-state index contributed by atoms with van der Waals surface area (Å²) in [5, 5.41) is 38.7. The van der Waals surface area contributed by atoms with Gasteiger partial charge in [-0.25, -0.2) is 0 Å². The van der Waals surface area contributed by atoms with E-state index in [0.29, 0.717) is 5.75 Å². The highest BCUT2D eigenvalue weighted by Gasteiger charge is 2.36. The average Bonchev–Trinajstić information content (AvgIpc) is 2.67. The second kappa shape index (κ2) is 13.1. The largest absolute Gasteiger partial charge is 0.490 e. The smallest absolute Gasteiger partial charge is 0.129 e. The Bertz CT molecular complexity index is 515. The number of benzene rings is 1. The van der Waals surface area contributed by atoms with Crippen LogP contribution in [0.25, 0.3) is 0 Å². The van der Waals surface area contributed by atoms with E-state index >= 15 is 0 Å². The molecule has 0 heterocycles. The molecule has 4 N–H and O–H groups in total. The Kier molecular flexibility index (Phi) is 11.6. The summed E-state index contributed by atoms with van der Waals surface area (Å²) in [7, 11) is 0. The lowest BCUT2D eigenvalue weighted by Crippen LogP contribution is -2.50. The van der Waals surface area contributed by atoms with E-state index in [1.807, 2.05) is 19.1 Å². The van der Waals surface area contributed by atoms with E-state index in [4.69, 9.17) is 4.74 Å². The summed E-state index contributed by atoms with van der Waals surface area (Å²) in [5.41, 5.74) is 0.463. The van der Waals surface area contributed by atoms with Gasteiger partial charge in [0.25, 0.3) is 0 Å². The molecule has 1 unspecified atom stereocenters. The van der Waals surface area contributed by atoms with Gasteiger partial charge in [0.15, 0.2) is 0 Å². The first-order valence-electron chi connectivity index (χ1n) is 10.3. The van der Waals surface area contributed by atoms with E-state index in [1.54, 1.807) is 0 Å². The SMILES string of the molecule is CCCCCCCCCc1ccc(C)cc1OCC(O)(CO)C(CO)CO. The van der Waals surface area contributed by atoms with Crippen molar-refractivity contribution in [2.45, 2.75) is 70.8 Å². The van der Waals surface area contributed by atoms with Gasteiger partial charge in [0.2, 0.25) is 0 Å². The van der Waals surface area contributed by atoms with Crippen LogP contribution in [0.2, 0.25) is 0 Å². The van der Waals surface area contributed by atoms with Crippen molar-refractivity contribution in [2.24, 2.45) is 5.92 Å². The molecule has 1 rings (SSSR count). The molecule has 1 aromatic carbocycles. The van der Waals surface area contributed by atoms with Gasteiger partial charge in [-0.15, -0.1) is 0 Å². The van der Waals surface area contributed by atoms with Crippen LogP contribution in [0.4, 0.5) is 0 Å². The number of aliphatic hydroxyl groups is 4. The van der Waals surface area contributed by atoms with Crippen LogP contribution in [0, 0.1) is 12.8 Å². The Morgan fingerprint density at radius 1 is 0.963 bits per heavy atom. The number of aliphatic hydroxyl groups excluding tert-OH is 3. The van der Waals surface area contributed by atoms with Crippen molar-refractivity contribution in [3.63, 3.8) is 0 Å². The molecule has 0 spiro atoms. The molecular formula is C22H38O5. The third kappa shape index (κ3) is 8.18. The van der Waals surface area contributed by atoms with Gasteiger partial charge in [-0.05, 0) is 37.0 Å². The van der Waals surface area contributed by atoms with Crippen LogP contribution in [-0.4, -0.2) is 52.5 Å². The average molecular weight is 383 g/mol. The predicted octanol–water partition coefficient (Wildman–Crippen LogP) is 2.99. The third-order valence-electron chi connectivity index (χ3n) is 5.22. The summed E-state index contributed by atoms with van der Waals surface area (Å²) < 4.78 is 5.84. The van der Waals surface area contributed by atoms with Gasteiger partial charge in [-0.3, -0.25) is 0 Å². The summed E-state index contributed by atoms with van der Waals surface area (Å²) in [6, 6.07) is 6.03. The first-order valence-corrected chi connectivity index (χ1v) is 10.3. The van der Waals surface area contributed by atoms with Crippen molar-refractivity contribution in [3.05, 3.63) is 29.3 Å². The number of hydrogen-bond acceptors (Lipinski definition) is 5. The second-order valence-corrected chi connectivity index (χ2v) is 7.59. The van der Waals surface area contributed by atoms with Gasteiger partial charge >= 0.3 is 0 Å². The maximum absolute atomic E-state index is 10.5. The molecule has 0 bridgehead atoms. The minimum absolute atomic E-state index is 0.178. The zero-order chi connectivity index (χ0) is 20.1. The summed E-state index contributed by atoms with van der Waals surface area (Å²) in [6.45, 7) is 2.60.